The molecule has 11 heteroatoms. The van der Waals surface area contributed by atoms with Crippen LogP contribution < -0.4 is 5.32 Å². The molecule has 2 fully saturated rings. The zero-order valence-electron chi connectivity index (χ0n) is 24.2. The Labute approximate surface area is 242 Å². The maximum atomic E-state index is 13.5. The molecule has 0 spiro atoms. The topological polar surface area (TPSA) is 52.7 Å². The second-order valence-electron chi connectivity index (χ2n) is 12.4. The average Bonchev–Trinajstić information content (AvgIpc) is 2.91. The fourth-order valence-corrected chi connectivity index (χ4v) is 6.14. The first-order chi connectivity index (χ1) is 19.4. The van der Waals surface area contributed by atoms with Gasteiger partial charge in [0, 0.05) is 24.7 Å². The Balaban J connectivity index is 1.55. The van der Waals surface area contributed by atoms with Gasteiger partial charge in [-0.15, -0.1) is 0 Å². The molecule has 1 saturated heterocycles. The van der Waals surface area contributed by atoms with Crippen LogP contribution in [-0.2, 0) is 27.5 Å². The van der Waals surface area contributed by atoms with Gasteiger partial charge in [0.2, 0.25) is 11.8 Å². The van der Waals surface area contributed by atoms with Crippen molar-refractivity contribution in [3.05, 3.63) is 70.8 Å². The van der Waals surface area contributed by atoms with E-state index in [2.05, 4.69) is 10.2 Å². The lowest BCUT2D eigenvalue weighted by Crippen LogP contribution is -2.60. The summed E-state index contributed by atoms with van der Waals surface area (Å²) in [7, 11) is 0. The molecule has 2 aliphatic rings. The van der Waals surface area contributed by atoms with E-state index in [-0.39, 0.29) is 29.1 Å². The molecule has 1 N–H and O–H groups in total. The van der Waals surface area contributed by atoms with E-state index in [4.69, 9.17) is 0 Å². The van der Waals surface area contributed by atoms with Crippen molar-refractivity contribution in [2.75, 3.05) is 19.6 Å². The molecule has 0 bridgehead atoms. The number of hydrogen-bond donors (Lipinski definition) is 1. The molecule has 1 aliphatic heterocycles. The highest BCUT2D eigenvalue weighted by atomic mass is 19.4. The molecule has 42 heavy (non-hydrogen) atoms. The Bertz CT molecular complexity index is 1250. The second kappa shape index (κ2) is 11.5. The monoisotopic (exact) mass is 597 g/mol. The molecule has 4 rings (SSSR count). The van der Waals surface area contributed by atoms with Gasteiger partial charge in [-0.1, -0.05) is 30.3 Å². The van der Waals surface area contributed by atoms with Crippen LogP contribution in [0, 0.1) is 0 Å². The van der Waals surface area contributed by atoms with Crippen LogP contribution in [0.4, 0.5) is 26.3 Å². The maximum Gasteiger partial charge on any atom is 0.416 e. The molecule has 2 aromatic carbocycles. The maximum absolute atomic E-state index is 13.5. The SMILES string of the molecule is C[C@H](C(=O)NC1(c2ccccc2)CCC(N2CCN(C(C)(C)C)C(=O)C2)CC1)c1cc(C(F)(F)F)cc(C(F)(F)F)c1. The summed E-state index contributed by atoms with van der Waals surface area (Å²) in [6.45, 7) is 8.98. The van der Waals surface area contributed by atoms with Crippen LogP contribution in [0.3, 0.4) is 0 Å². The number of benzene rings is 2. The number of nitrogens with one attached hydrogen (secondary N) is 1. The highest BCUT2D eigenvalue weighted by Crippen LogP contribution is 2.41. The molecule has 0 unspecified atom stereocenters. The van der Waals surface area contributed by atoms with E-state index in [9.17, 15) is 35.9 Å². The molecule has 1 aliphatic carbocycles. The van der Waals surface area contributed by atoms with Crippen molar-refractivity contribution >= 4 is 11.8 Å². The second-order valence-corrected chi connectivity index (χ2v) is 12.4. The number of amides is 2. The minimum absolute atomic E-state index is 0.0624. The number of piperazine rings is 1. The molecule has 2 amide bonds. The Hall–Kier alpha value is -3.08. The summed E-state index contributed by atoms with van der Waals surface area (Å²) in [5, 5.41) is 3.03. The minimum atomic E-state index is -5.00. The fourth-order valence-electron chi connectivity index (χ4n) is 6.14. The van der Waals surface area contributed by atoms with Crippen molar-refractivity contribution in [2.24, 2.45) is 0 Å². The van der Waals surface area contributed by atoms with E-state index >= 15 is 0 Å². The number of nitrogens with zero attached hydrogens (tertiary/aromatic N) is 2. The van der Waals surface area contributed by atoms with Crippen LogP contribution in [0.5, 0.6) is 0 Å². The molecule has 1 heterocycles. The van der Waals surface area contributed by atoms with Crippen molar-refractivity contribution in [3.8, 4) is 0 Å². The van der Waals surface area contributed by atoms with Crippen molar-refractivity contribution in [2.45, 2.75) is 88.8 Å². The zero-order valence-corrected chi connectivity index (χ0v) is 24.2. The van der Waals surface area contributed by atoms with Crippen LogP contribution in [0.25, 0.3) is 0 Å². The number of halogens is 6. The van der Waals surface area contributed by atoms with Crippen LogP contribution in [0.15, 0.2) is 48.5 Å². The van der Waals surface area contributed by atoms with Gasteiger partial charge in [-0.2, -0.15) is 26.3 Å². The molecule has 2 aromatic rings. The third kappa shape index (κ3) is 6.93. The van der Waals surface area contributed by atoms with Gasteiger partial charge in [0.1, 0.15) is 0 Å². The smallest absolute Gasteiger partial charge is 0.346 e. The van der Waals surface area contributed by atoms with Crippen molar-refractivity contribution in [1.82, 2.24) is 15.1 Å². The number of hydrogen-bond acceptors (Lipinski definition) is 3. The lowest BCUT2D eigenvalue weighted by Gasteiger charge is -2.48. The average molecular weight is 598 g/mol. The van der Waals surface area contributed by atoms with Crippen LogP contribution >= 0.6 is 0 Å². The molecular formula is C31H37F6N3O2. The number of carbonyl (C=O) groups excluding carboxylic acids is 2. The summed E-state index contributed by atoms with van der Waals surface area (Å²) in [4.78, 5) is 30.4. The van der Waals surface area contributed by atoms with Gasteiger partial charge in [0.25, 0.3) is 0 Å². The summed E-state index contributed by atoms with van der Waals surface area (Å²) in [6.07, 6.45) is -7.68. The van der Waals surface area contributed by atoms with Gasteiger partial charge >= 0.3 is 12.4 Å². The Morgan fingerprint density at radius 2 is 1.45 bits per heavy atom. The van der Waals surface area contributed by atoms with Gasteiger partial charge in [-0.3, -0.25) is 14.5 Å². The van der Waals surface area contributed by atoms with Gasteiger partial charge < -0.3 is 10.2 Å². The van der Waals surface area contributed by atoms with Crippen LogP contribution in [0.2, 0.25) is 0 Å². The van der Waals surface area contributed by atoms with Gasteiger partial charge in [0.05, 0.1) is 29.1 Å². The van der Waals surface area contributed by atoms with Crippen molar-refractivity contribution in [3.63, 3.8) is 0 Å². The van der Waals surface area contributed by atoms with Crippen molar-refractivity contribution < 1.29 is 35.9 Å². The number of rotatable bonds is 5. The standard InChI is InChI=1S/C31H37F6N3O2/c1-20(21-16-23(30(32,33)34)18-24(17-21)31(35,36)37)27(42)38-29(22-8-6-5-7-9-22)12-10-25(11-13-29)39-14-15-40(26(41)19-39)28(2,3)4/h5-9,16-18,20,25H,10-15,19H2,1-4H3,(H,38,42)/t20-,25?,29?/m0/s1. The van der Waals surface area contributed by atoms with Gasteiger partial charge in [-0.05, 0) is 82.7 Å². The normalized spacial score (nSPS) is 23.5. The van der Waals surface area contributed by atoms with Crippen LogP contribution in [-0.4, -0.2) is 52.8 Å². The summed E-state index contributed by atoms with van der Waals surface area (Å²) in [5.41, 5.74) is -3.56. The fraction of sp³-hybridized carbons (Fsp3) is 0.548. The highest BCUT2D eigenvalue weighted by molar-refractivity contribution is 5.84. The Morgan fingerprint density at radius 3 is 1.93 bits per heavy atom. The highest BCUT2D eigenvalue weighted by Gasteiger charge is 2.43. The number of carbonyl (C=O) groups is 2. The summed E-state index contributed by atoms with van der Waals surface area (Å²) in [5.74, 6) is -1.86. The third-order valence-electron chi connectivity index (χ3n) is 8.58. The summed E-state index contributed by atoms with van der Waals surface area (Å²) in [6, 6.07) is 10.6. The Morgan fingerprint density at radius 1 is 0.905 bits per heavy atom. The summed E-state index contributed by atoms with van der Waals surface area (Å²) >= 11 is 0. The van der Waals surface area contributed by atoms with Gasteiger partial charge in [0.15, 0.2) is 0 Å². The first kappa shape index (κ1) is 31.8. The lowest BCUT2D eigenvalue weighted by molar-refractivity contribution is -0.144. The van der Waals surface area contributed by atoms with E-state index < -0.39 is 40.8 Å². The molecule has 0 radical (unpaired) electrons. The molecule has 0 aromatic heterocycles. The molecule has 230 valence electrons. The summed E-state index contributed by atoms with van der Waals surface area (Å²) < 4.78 is 80.7. The van der Waals surface area contributed by atoms with Crippen LogP contribution in [0.1, 0.15) is 81.5 Å². The zero-order chi connectivity index (χ0) is 31.1. The van der Waals surface area contributed by atoms with E-state index in [1.807, 2.05) is 56.0 Å². The lowest BCUT2D eigenvalue weighted by atomic mass is 9.74. The van der Waals surface area contributed by atoms with Crippen molar-refractivity contribution in [1.29, 1.82) is 0 Å². The van der Waals surface area contributed by atoms with Gasteiger partial charge in [-0.25, -0.2) is 0 Å². The molecule has 5 nitrogen and oxygen atoms in total. The van der Waals surface area contributed by atoms with E-state index in [0.29, 0.717) is 50.9 Å². The van der Waals surface area contributed by atoms with E-state index in [1.54, 1.807) is 0 Å². The predicted octanol–water partition coefficient (Wildman–Crippen LogP) is 6.72. The molecule has 1 saturated carbocycles. The minimum Gasteiger partial charge on any atom is -0.346 e. The van der Waals surface area contributed by atoms with E-state index in [1.165, 1.54) is 6.92 Å². The first-order valence-corrected chi connectivity index (χ1v) is 14.1. The molecule has 1 atom stereocenters. The Kier molecular flexibility index (Phi) is 8.75. The number of alkyl halides is 6. The first-order valence-electron chi connectivity index (χ1n) is 14.1. The quantitative estimate of drug-likeness (QED) is 0.389. The largest absolute Gasteiger partial charge is 0.416 e. The van der Waals surface area contributed by atoms with E-state index in [0.717, 1.165) is 12.1 Å². The third-order valence-corrected chi connectivity index (χ3v) is 8.58. The molecular weight excluding hydrogens is 560 g/mol. The predicted molar refractivity (Wildman–Crippen MR) is 146 cm³/mol.